The Balaban J connectivity index is 1.87. The molecular weight excluding hydrogens is 342 g/mol. The molecule has 126 valence electrons. The Bertz CT molecular complexity index is 1230. The summed E-state index contributed by atoms with van der Waals surface area (Å²) in [5.74, 6) is -6.58. The molecule has 0 spiro atoms. The molecule has 1 heterocycles. The number of pyridine rings is 1. The van der Waals surface area contributed by atoms with Crippen LogP contribution >= 0.6 is 0 Å². The Hall–Kier alpha value is -3.21. The molecule has 0 fully saturated rings. The van der Waals surface area contributed by atoms with Crippen molar-refractivity contribution in [2.24, 2.45) is 0 Å². The maximum absolute atomic E-state index is 14.3. The Morgan fingerprint density at radius 1 is 0.577 bits per heavy atom. The molecule has 0 saturated carbocycles. The molecule has 3 aromatic carbocycles. The van der Waals surface area contributed by atoms with Gasteiger partial charge in [0.05, 0.1) is 11.2 Å². The lowest BCUT2D eigenvalue weighted by Gasteiger charge is -2.09. The van der Waals surface area contributed by atoms with E-state index in [1.165, 1.54) is 0 Å². The molecule has 0 amide bonds. The number of rotatable bonds is 1. The van der Waals surface area contributed by atoms with Gasteiger partial charge in [-0.1, -0.05) is 36.4 Å². The molecule has 4 aromatic rings. The zero-order chi connectivity index (χ0) is 18.0. The molecule has 0 atom stereocenters. The molecule has 1 nitrogen and oxygen atoms in total. The van der Waals surface area contributed by atoms with E-state index in [1.54, 1.807) is 12.1 Å². The van der Waals surface area contributed by atoms with Crippen LogP contribution in [0.2, 0.25) is 0 Å². The van der Waals surface area contributed by atoms with Gasteiger partial charge in [0.15, 0.2) is 23.3 Å². The Morgan fingerprint density at radius 3 is 2.04 bits per heavy atom. The molecule has 0 saturated heterocycles. The van der Waals surface area contributed by atoms with Crippen LogP contribution < -0.4 is 0 Å². The van der Waals surface area contributed by atoms with Gasteiger partial charge >= 0.3 is 0 Å². The minimum absolute atomic E-state index is 0.0525. The van der Waals surface area contributed by atoms with Gasteiger partial charge < -0.3 is 0 Å². The average Bonchev–Trinajstić information content (AvgIpc) is 2.99. The summed E-state index contributed by atoms with van der Waals surface area (Å²) in [6.45, 7) is 0. The quantitative estimate of drug-likeness (QED) is 0.202. The SMILES string of the molecule is Fc1cc(-c2cc3c4c(cccc4n2)-c2ccccc2-3)c(F)c(F)c1F. The molecule has 0 radical (unpaired) electrons. The van der Waals surface area contributed by atoms with Gasteiger partial charge in [-0.2, -0.15) is 0 Å². The average molecular weight is 351 g/mol. The van der Waals surface area contributed by atoms with Crippen LogP contribution in [0.1, 0.15) is 0 Å². The molecule has 1 aromatic heterocycles. The second kappa shape index (κ2) is 5.14. The fraction of sp³-hybridized carbons (Fsp3) is 0. The third kappa shape index (κ3) is 1.88. The van der Waals surface area contributed by atoms with Crippen LogP contribution in [0.25, 0.3) is 44.4 Å². The van der Waals surface area contributed by atoms with Gasteiger partial charge in [0.1, 0.15) is 0 Å². The summed E-state index contributed by atoms with van der Waals surface area (Å²) in [4.78, 5) is 4.37. The summed E-state index contributed by atoms with van der Waals surface area (Å²) in [7, 11) is 0. The minimum Gasteiger partial charge on any atom is -0.248 e. The summed E-state index contributed by atoms with van der Waals surface area (Å²) in [6.07, 6.45) is 0. The van der Waals surface area contributed by atoms with E-state index < -0.39 is 28.8 Å². The van der Waals surface area contributed by atoms with Crippen molar-refractivity contribution < 1.29 is 17.6 Å². The lowest BCUT2D eigenvalue weighted by Crippen LogP contribution is -2.00. The van der Waals surface area contributed by atoms with E-state index in [0.29, 0.717) is 11.6 Å². The molecule has 0 aliphatic heterocycles. The fourth-order valence-electron chi connectivity index (χ4n) is 3.57. The van der Waals surface area contributed by atoms with Crippen LogP contribution in [-0.4, -0.2) is 4.98 Å². The predicted molar refractivity (Wildman–Crippen MR) is 91.4 cm³/mol. The van der Waals surface area contributed by atoms with E-state index in [4.69, 9.17) is 0 Å². The number of hydrogen-bond acceptors (Lipinski definition) is 1. The lowest BCUT2D eigenvalue weighted by molar-refractivity contribution is 0.410. The van der Waals surface area contributed by atoms with E-state index in [9.17, 15) is 17.6 Å². The van der Waals surface area contributed by atoms with E-state index in [0.717, 1.165) is 27.6 Å². The van der Waals surface area contributed by atoms with Gasteiger partial charge in [-0.25, -0.2) is 22.5 Å². The Morgan fingerprint density at radius 2 is 1.27 bits per heavy atom. The number of fused-ring (bicyclic) bond motifs is 3. The molecule has 1 aliphatic carbocycles. The highest BCUT2D eigenvalue weighted by molar-refractivity contribution is 6.14. The summed E-state index contributed by atoms with van der Waals surface area (Å²) in [5.41, 5.74) is 3.99. The second-order valence-corrected chi connectivity index (χ2v) is 6.15. The van der Waals surface area contributed by atoms with Crippen LogP contribution in [-0.2, 0) is 0 Å². The summed E-state index contributed by atoms with van der Waals surface area (Å²) < 4.78 is 54.8. The van der Waals surface area contributed by atoms with Crippen LogP contribution in [0.4, 0.5) is 17.6 Å². The maximum atomic E-state index is 14.3. The van der Waals surface area contributed by atoms with Crippen molar-refractivity contribution in [1.29, 1.82) is 0 Å². The van der Waals surface area contributed by atoms with Crippen molar-refractivity contribution in [3.63, 3.8) is 0 Å². The van der Waals surface area contributed by atoms with Crippen molar-refractivity contribution in [1.82, 2.24) is 4.98 Å². The number of aromatic nitrogens is 1. The van der Waals surface area contributed by atoms with Crippen molar-refractivity contribution in [3.05, 3.63) is 77.9 Å². The molecular formula is C21H9F4N. The van der Waals surface area contributed by atoms with Crippen molar-refractivity contribution in [2.75, 3.05) is 0 Å². The smallest absolute Gasteiger partial charge is 0.198 e. The Labute approximate surface area is 145 Å². The first kappa shape index (κ1) is 15.1. The first-order valence-corrected chi connectivity index (χ1v) is 7.93. The van der Waals surface area contributed by atoms with E-state index in [1.807, 2.05) is 36.4 Å². The standard InChI is InChI=1S/C21H9F4N/c22-15-8-14(19(23)21(25)20(15)24)17-9-13-11-5-2-1-4-10(11)12-6-3-7-16(26-17)18(12)13/h1-9H. The molecule has 0 bridgehead atoms. The highest BCUT2D eigenvalue weighted by atomic mass is 19.2. The molecule has 1 aliphatic rings. The second-order valence-electron chi connectivity index (χ2n) is 6.15. The fourth-order valence-corrected chi connectivity index (χ4v) is 3.57. The molecule has 0 unspecified atom stereocenters. The molecule has 5 heteroatoms. The monoisotopic (exact) mass is 351 g/mol. The van der Waals surface area contributed by atoms with Gasteiger partial charge in [0, 0.05) is 10.9 Å². The van der Waals surface area contributed by atoms with Gasteiger partial charge in [0.25, 0.3) is 0 Å². The van der Waals surface area contributed by atoms with Gasteiger partial charge in [0.2, 0.25) is 0 Å². The highest BCUT2D eigenvalue weighted by Gasteiger charge is 2.25. The highest BCUT2D eigenvalue weighted by Crippen LogP contribution is 2.47. The number of halogens is 4. The zero-order valence-electron chi connectivity index (χ0n) is 13.2. The number of benzene rings is 3. The van der Waals surface area contributed by atoms with Gasteiger partial charge in [-0.3, -0.25) is 0 Å². The maximum Gasteiger partial charge on any atom is 0.198 e. The topological polar surface area (TPSA) is 12.9 Å². The van der Waals surface area contributed by atoms with E-state index >= 15 is 0 Å². The van der Waals surface area contributed by atoms with E-state index in [2.05, 4.69) is 4.98 Å². The minimum atomic E-state index is -1.84. The predicted octanol–water partition coefficient (Wildman–Crippen LogP) is 6.11. The third-order valence-corrected chi connectivity index (χ3v) is 4.72. The van der Waals surface area contributed by atoms with Crippen molar-refractivity contribution in [3.8, 4) is 33.5 Å². The summed E-state index contributed by atoms with van der Waals surface area (Å²) >= 11 is 0. The molecule has 26 heavy (non-hydrogen) atoms. The van der Waals surface area contributed by atoms with Crippen molar-refractivity contribution in [2.45, 2.75) is 0 Å². The summed E-state index contributed by atoms with van der Waals surface area (Å²) in [5, 5.41) is 0.904. The number of nitrogens with zero attached hydrogens (tertiary/aromatic N) is 1. The third-order valence-electron chi connectivity index (χ3n) is 4.72. The zero-order valence-corrected chi connectivity index (χ0v) is 13.2. The summed E-state index contributed by atoms with van der Waals surface area (Å²) in [6, 6.07) is 15.5. The van der Waals surface area contributed by atoms with E-state index in [-0.39, 0.29) is 5.69 Å². The van der Waals surface area contributed by atoms with Crippen molar-refractivity contribution >= 4 is 10.9 Å². The first-order chi connectivity index (χ1) is 12.6. The normalized spacial score (nSPS) is 11.8. The number of hydrogen-bond donors (Lipinski definition) is 0. The van der Waals surface area contributed by atoms with Crippen LogP contribution in [0.5, 0.6) is 0 Å². The largest absolute Gasteiger partial charge is 0.248 e. The molecule has 0 N–H and O–H groups in total. The van der Waals surface area contributed by atoms with Crippen LogP contribution in [0.3, 0.4) is 0 Å². The molecule has 5 rings (SSSR count). The van der Waals surface area contributed by atoms with Crippen LogP contribution in [0, 0.1) is 23.3 Å². The van der Waals surface area contributed by atoms with Gasteiger partial charge in [-0.15, -0.1) is 0 Å². The lowest BCUT2D eigenvalue weighted by atomic mass is 10.0. The van der Waals surface area contributed by atoms with Gasteiger partial charge in [-0.05, 0) is 40.5 Å². The first-order valence-electron chi connectivity index (χ1n) is 7.93. The van der Waals surface area contributed by atoms with Crippen LogP contribution in [0.15, 0.2) is 54.6 Å². The Kier molecular flexibility index (Phi) is 2.98.